The van der Waals surface area contributed by atoms with Crippen molar-refractivity contribution in [2.75, 3.05) is 6.54 Å². The van der Waals surface area contributed by atoms with E-state index in [1.54, 1.807) is 13.0 Å². The minimum absolute atomic E-state index is 0.0904. The number of aryl methyl sites for hydroxylation is 1. The molecule has 108 valence electrons. The summed E-state index contributed by atoms with van der Waals surface area (Å²) >= 11 is 1.45. The van der Waals surface area contributed by atoms with Gasteiger partial charge in [-0.3, -0.25) is 0 Å². The molecule has 1 aromatic carbocycles. The van der Waals surface area contributed by atoms with Crippen molar-refractivity contribution in [3.05, 3.63) is 46.3 Å². The third-order valence-corrected chi connectivity index (χ3v) is 4.58. The summed E-state index contributed by atoms with van der Waals surface area (Å²) in [4.78, 5) is 1.76. The Kier molecular flexibility index (Phi) is 4.89. The van der Waals surface area contributed by atoms with Crippen molar-refractivity contribution in [1.82, 2.24) is 5.32 Å². The zero-order valence-electron chi connectivity index (χ0n) is 12.0. The first-order valence-corrected chi connectivity index (χ1v) is 7.68. The van der Waals surface area contributed by atoms with Gasteiger partial charge < -0.3 is 5.32 Å². The van der Waals surface area contributed by atoms with Crippen molar-refractivity contribution < 1.29 is 8.78 Å². The van der Waals surface area contributed by atoms with Crippen molar-refractivity contribution in [3.8, 4) is 10.4 Å². The van der Waals surface area contributed by atoms with E-state index in [4.69, 9.17) is 0 Å². The molecule has 1 aromatic heterocycles. The van der Waals surface area contributed by atoms with E-state index in [0.29, 0.717) is 10.4 Å². The van der Waals surface area contributed by atoms with Gasteiger partial charge in [-0.2, -0.15) is 0 Å². The number of nitrogens with one attached hydrogen (secondary N) is 1. The normalized spacial score (nSPS) is 12.7. The number of thiophene rings is 1. The molecule has 0 saturated carbocycles. The van der Waals surface area contributed by atoms with Gasteiger partial charge in [-0.05, 0) is 43.7 Å². The average molecular weight is 295 g/mol. The zero-order chi connectivity index (χ0) is 14.7. The van der Waals surface area contributed by atoms with E-state index in [1.807, 2.05) is 6.07 Å². The zero-order valence-corrected chi connectivity index (χ0v) is 12.8. The van der Waals surface area contributed by atoms with Gasteiger partial charge in [0.2, 0.25) is 0 Å². The first-order chi connectivity index (χ1) is 9.58. The molecule has 0 aliphatic heterocycles. The molecule has 1 atom stereocenters. The second-order valence-electron chi connectivity index (χ2n) is 4.77. The van der Waals surface area contributed by atoms with Crippen LogP contribution in [0.4, 0.5) is 8.78 Å². The van der Waals surface area contributed by atoms with Crippen LogP contribution in [0.5, 0.6) is 0 Å². The fourth-order valence-corrected chi connectivity index (χ4v) is 3.46. The molecule has 20 heavy (non-hydrogen) atoms. The lowest BCUT2D eigenvalue weighted by Gasteiger charge is -2.13. The smallest absolute Gasteiger partial charge is 0.137 e. The molecule has 0 fully saturated rings. The second-order valence-corrected chi connectivity index (χ2v) is 5.89. The SMILES string of the molecule is CCNC(CC)c1ccc(-c2c(F)ccc(C)c2F)s1. The van der Waals surface area contributed by atoms with E-state index in [-0.39, 0.29) is 11.6 Å². The Balaban J connectivity index is 2.41. The average Bonchev–Trinajstić information content (AvgIpc) is 2.90. The summed E-state index contributed by atoms with van der Waals surface area (Å²) < 4.78 is 28.0. The van der Waals surface area contributed by atoms with Crippen LogP contribution in [0.1, 0.15) is 36.8 Å². The van der Waals surface area contributed by atoms with E-state index in [9.17, 15) is 8.78 Å². The van der Waals surface area contributed by atoms with Crippen LogP contribution in [0.25, 0.3) is 10.4 Å². The van der Waals surface area contributed by atoms with Crippen LogP contribution in [0.15, 0.2) is 24.3 Å². The molecule has 2 rings (SSSR count). The van der Waals surface area contributed by atoms with Gasteiger partial charge >= 0.3 is 0 Å². The van der Waals surface area contributed by atoms with Crippen LogP contribution in [-0.2, 0) is 0 Å². The first-order valence-electron chi connectivity index (χ1n) is 6.86. The minimum Gasteiger partial charge on any atom is -0.310 e. The predicted octanol–water partition coefficient (Wildman–Crippen LogP) is 5.06. The lowest BCUT2D eigenvalue weighted by molar-refractivity contribution is 0.545. The standard InChI is InChI=1S/C16H19F2NS/c1-4-12(19-5-2)13-8-9-14(20-13)15-11(17)7-6-10(3)16(15)18/h6-9,12,19H,4-5H2,1-3H3. The van der Waals surface area contributed by atoms with E-state index in [0.717, 1.165) is 17.8 Å². The highest BCUT2D eigenvalue weighted by molar-refractivity contribution is 7.15. The first kappa shape index (κ1) is 15.1. The Morgan fingerprint density at radius 2 is 1.90 bits per heavy atom. The van der Waals surface area contributed by atoms with Gasteiger partial charge in [0.1, 0.15) is 11.6 Å². The maximum Gasteiger partial charge on any atom is 0.137 e. The van der Waals surface area contributed by atoms with Crippen LogP contribution in [0.3, 0.4) is 0 Å². The van der Waals surface area contributed by atoms with Gasteiger partial charge in [-0.1, -0.05) is 19.9 Å². The Hall–Kier alpha value is -1.26. The van der Waals surface area contributed by atoms with Crippen molar-refractivity contribution in [1.29, 1.82) is 0 Å². The monoisotopic (exact) mass is 295 g/mol. The molecule has 4 heteroatoms. The Morgan fingerprint density at radius 1 is 1.15 bits per heavy atom. The molecule has 2 aromatic rings. The van der Waals surface area contributed by atoms with Gasteiger partial charge in [0, 0.05) is 15.8 Å². The second kappa shape index (κ2) is 6.46. The number of hydrogen-bond donors (Lipinski definition) is 1. The van der Waals surface area contributed by atoms with Crippen LogP contribution in [0, 0.1) is 18.6 Å². The summed E-state index contributed by atoms with van der Waals surface area (Å²) in [5.41, 5.74) is 0.558. The third-order valence-electron chi connectivity index (χ3n) is 3.36. The molecular weight excluding hydrogens is 276 g/mol. The quantitative estimate of drug-likeness (QED) is 0.812. The molecule has 0 saturated heterocycles. The van der Waals surface area contributed by atoms with E-state index in [2.05, 4.69) is 19.2 Å². The molecule has 0 bridgehead atoms. The lowest BCUT2D eigenvalue weighted by atomic mass is 10.1. The topological polar surface area (TPSA) is 12.0 Å². The van der Waals surface area contributed by atoms with Crippen LogP contribution in [0.2, 0.25) is 0 Å². The fourth-order valence-electron chi connectivity index (χ4n) is 2.25. The number of rotatable bonds is 5. The van der Waals surface area contributed by atoms with E-state index < -0.39 is 11.6 Å². The van der Waals surface area contributed by atoms with Gasteiger partial charge in [-0.15, -0.1) is 11.3 Å². The molecule has 1 unspecified atom stereocenters. The summed E-state index contributed by atoms with van der Waals surface area (Å²) in [5, 5.41) is 3.38. The number of benzene rings is 1. The molecule has 1 nitrogen and oxygen atoms in total. The molecule has 1 heterocycles. The van der Waals surface area contributed by atoms with E-state index >= 15 is 0 Å². The lowest BCUT2D eigenvalue weighted by Crippen LogP contribution is -2.18. The summed E-state index contributed by atoms with van der Waals surface area (Å²) in [5.74, 6) is -0.965. The third kappa shape index (κ3) is 2.91. The Bertz CT molecular complexity index is 592. The summed E-state index contributed by atoms with van der Waals surface area (Å²) in [6.07, 6.45) is 0.951. The van der Waals surface area contributed by atoms with Gasteiger partial charge in [0.05, 0.1) is 5.56 Å². The van der Waals surface area contributed by atoms with Crippen LogP contribution in [-0.4, -0.2) is 6.54 Å². The molecule has 1 N–H and O–H groups in total. The molecule has 0 aliphatic rings. The van der Waals surface area contributed by atoms with Gasteiger partial charge in [0.25, 0.3) is 0 Å². The number of hydrogen-bond acceptors (Lipinski definition) is 2. The highest BCUT2D eigenvalue weighted by atomic mass is 32.1. The fraction of sp³-hybridized carbons (Fsp3) is 0.375. The maximum absolute atomic E-state index is 14.1. The van der Waals surface area contributed by atoms with Gasteiger partial charge in [0.15, 0.2) is 0 Å². The Labute approximate surface area is 122 Å². The summed E-state index contributed by atoms with van der Waals surface area (Å²) in [6.45, 7) is 6.68. The molecule has 0 radical (unpaired) electrons. The number of halogens is 2. The van der Waals surface area contributed by atoms with Crippen LogP contribution >= 0.6 is 11.3 Å². The molecule has 0 amide bonds. The molecule has 0 aliphatic carbocycles. The van der Waals surface area contributed by atoms with Crippen molar-refractivity contribution in [3.63, 3.8) is 0 Å². The minimum atomic E-state index is -0.502. The van der Waals surface area contributed by atoms with Gasteiger partial charge in [-0.25, -0.2) is 8.78 Å². The highest BCUT2D eigenvalue weighted by Crippen LogP contribution is 2.36. The summed E-state index contributed by atoms with van der Waals surface area (Å²) in [6, 6.07) is 6.80. The maximum atomic E-state index is 14.1. The van der Waals surface area contributed by atoms with E-state index in [1.165, 1.54) is 23.5 Å². The highest BCUT2D eigenvalue weighted by Gasteiger charge is 2.17. The van der Waals surface area contributed by atoms with Crippen molar-refractivity contribution in [2.45, 2.75) is 33.2 Å². The predicted molar refractivity (Wildman–Crippen MR) is 81.1 cm³/mol. The van der Waals surface area contributed by atoms with Crippen LogP contribution < -0.4 is 5.32 Å². The molecular formula is C16H19F2NS. The Morgan fingerprint density at radius 3 is 2.55 bits per heavy atom. The molecule has 0 spiro atoms. The van der Waals surface area contributed by atoms with Crippen molar-refractivity contribution in [2.24, 2.45) is 0 Å². The summed E-state index contributed by atoms with van der Waals surface area (Å²) in [7, 11) is 0. The van der Waals surface area contributed by atoms with Crippen molar-refractivity contribution >= 4 is 11.3 Å². The largest absolute Gasteiger partial charge is 0.310 e.